The molecule has 2 aromatic carbocycles. The lowest BCUT2D eigenvalue weighted by atomic mass is 9.82. The summed E-state index contributed by atoms with van der Waals surface area (Å²) in [6.07, 6.45) is 1.08. The molecule has 1 saturated carbocycles. The van der Waals surface area contributed by atoms with Crippen molar-refractivity contribution >= 4 is 17.3 Å². The second-order valence-corrected chi connectivity index (χ2v) is 9.83. The summed E-state index contributed by atoms with van der Waals surface area (Å²) in [5.74, 6) is -0.546. The maximum Gasteiger partial charge on any atom is 0.416 e. The monoisotopic (exact) mass is 482 g/mol. The molecule has 8 heteroatoms. The van der Waals surface area contributed by atoms with Gasteiger partial charge in [0.25, 0.3) is 0 Å². The lowest BCUT2D eigenvalue weighted by Gasteiger charge is -2.50. The third-order valence-electron chi connectivity index (χ3n) is 7.69. The molecule has 5 nitrogen and oxygen atoms in total. The van der Waals surface area contributed by atoms with Crippen LogP contribution in [0, 0.1) is 17.2 Å². The molecule has 2 aliphatic heterocycles. The predicted molar refractivity (Wildman–Crippen MR) is 128 cm³/mol. The highest BCUT2D eigenvalue weighted by Crippen LogP contribution is 2.40. The molecule has 0 spiro atoms. The standard InChI is InChI=1S/C27H29F3N4O/c28-27(29,30)20-10-11-24-19(14-20)15-22(26(35)32-21-7-2-1-3-8-21)25-17-33(12-13-34(24)25)23-9-5-4-6-18(23)16-31/h4-6,9-11,14,21-22,25H,1-3,7-8,12-13,15,17H2,(H,32,35)/t22-,25+/m1/s1. The van der Waals surface area contributed by atoms with Gasteiger partial charge in [-0.15, -0.1) is 0 Å². The number of nitrogens with zero attached hydrogens (tertiary/aromatic N) is 3. The van der Waals surface area contributed by atoms with Crippen LogP contribution in [0.1, 0.15) is 48.8 Å². The summed E-state index contributed by atoms with van der Waals surface area (Å²) in [7, 11) is 0. The first-order chi connectivity index (χ1) is 16.8. The third kappa shape index (κ3) is 4.69. The van der Waals surface area contributed by atoms with E-state index in [0.717, 1.165) is 43.1 Å². The lowest BCUT2D eigenvalue weighted by Crippen LogP contribution is -2.62. The highest BCUT2D eigenvalue weighted by molar-refractivity contribution is 5.83. The number of hydrogen-bond acceptors (Lipinski definition) is 4. The van der Waals surface area contributed by atoms with Crippen LogP contribution in [0.25, 0.3) is 0 Å². The van der Waals surface area contributed by atoms with Crippen molar-refractivity contribution in [3.05, 3.63) is 59.2 Å². The Morgan fingerprint density at radius 1 is 1.03 bits per heavy atom. The molecular formula is C27H29F3N4O. The largest absolute Gasteiger partial charge is 0.416 e. The summed E-state index contributed by atoms with van der Waals surface area (Å²) in [5.41, 5.74) is 2.08. The number of carbonyl (C=O) groups excluding carboxylic acids is 1. The first-order valence-electron chi connectivity index (χ1n) is 12.4. The normalized spacial score (nSPS) is 22.7. The zero-order chi connectivity index (χ0) is 24.6. The van der Waals surface area contributed by atoms with Crippen LogP contribution in [0.15, 0.2) is 42.5 Å². The van der Waals surface area contributed by atoms with Crippen LogP contribution in [0.3, 0.4) is 0 Å². The highest BCUT2D eigenvalue weighted by Gasteiger charge is 2.43. The van der Waals surface area contributed by atoms with Gasteiger partial charge in [0.2, 0.25) is 5.91 Å². The number of halogens is 3. The van der Waals surface area contributed by atoms with Gasteiger partial charge in [-0.1, -0.05) is 31.4 Å². The smallest absolute Gasteiger partial charge is 0.367 e. The van der Waals surface area contributed by atoms with E-state index in [1.165, 1.54) is 12.5 Å². The van der Waals surface area contributed by atoms with Gasteiger partial charge in [-0.2, -0.15) is 18.4 Å². The zero-order valence-electron chi connectivity index (χ0n) is 19.5. The van der Waals surface area contributed by atoms with Gasteiger partial charge in [0, 0.05) is 31.4 Å². The van der Waals surface area contributed by atoms with Crippen molar-refractivity contribution < 1.29 is 18.0 Å². The van der Waals surface area contributed by atoms with Crippen molar-refractivity contribution in [1.29, 1.82) is 5.26 Å². The Labute approximate surface area is 203 Å². The minimum atomic E-state index is -4.43. The maximum absolute atomic E-state index is 13.5. The number of nitriles is 1. The van der Waals surface area contributed by atoms with E-state index in [0.29, 0.717) is 30.8 Å². The number of benzene rings is 2. The SMILES string of the molecule is N#Cc1ccccc1N1CCN2c3ccc(C(F)(F)F)cc3C[C@@H](C(=O)NC3CCCCC3)[C@@H]2C1. The molecule has 0 radical (unpaired) electrons. The minimum Gasteiger partial charge on any atom is -0.367 e. The Morgan fingerprint density at radius 2 is 1.80 bits per heavy atom. The van der Waals surface area contributed by atoms with Gasteiger partial charge in [-0.25, -0.2) is 0 Å². The molecule has 3 aliphatic rings. The Kier molecular flexibility index (Phi) is 6.35. The minimum absolute atomic E-state index is 0.0784. The van der Waals surface area contributed by atoms with Gasteiger partial charge in [-0.05, 0) is 55.2 Å². The van der Waals surface area contributed by atoms with E-state index in [2.05, 4.69) is 21.2 Å². The zero-order valence-corrected chi connectivity index (χ0v) is 19.5. The fourth-order valence-electron chi connectivity index (χ4n) is 5.92. The average molecular weight is 483 g/mol. The van der Waals surface area contributed by atoms with Crippen molar-refractivity contribution in [2.75, 3.05) is 29.4 Å². The molecule has 2 aromatic rings. The molecule has 0 bridgehead atoms. The predicted octanol–water partition coefficient (Wildman–Crippen LogP) is 4.89. The summed E-state index contributed by atoms with van der Waals surface area (Å²) >= 11 is 0. The van der Waals surface area contributed by atoms with Gasteiger partial charge in [0.15, 0.2) is 0 Å². The first kappa shape index (κ1) is 23.5. The summed E-state index contributed by atoms with van der Waals surface area (Å²) in [4.78, 5) is 17.8. The summed E-state index contributed by atoms with van der Waals surface area (Å²) in [6, 6.07) is 13.5. The van der Waals surface area contributed by atoms with Crippen molar-refractivity contribution in [1.82, 2.24) is 5.32 Å². The Morgan fingerprint density at radius 3 is 2.54 bits per heavy atom. The van der Waals surface area contributed by atoms with E-state index in [1.807, 2.05) is 18.2 Å². The number of para-hydroxylation sites is 1. The quantitative estimate of drug-likeness (QED) is 0.677. The fraction of sp³-hybridized carbons (Fsp3) is 0.481. The number of anilines is 2. The number of amides is 1. The second kappa shape index (κ2) is 9.44. The number of nitrogens with one attached hydrogen (secondary N) is 1. The van der Waals surface area contributed by atoms with E-state index < -0.39 is 17.7 Å². The first-order valence-corrected chi connectivity index (χ1v) is 12.4. The number of carbonyl (C=O) groups is 1. The molecule has 0 aromatic heterocycles. The van der Waals surface area contributed by atoms with Crippen LogP contribution < -0.4 is 15.1 Å². The summed E-state index contributed by atoms with van der Waals surface area (Å²) in [5, 5.41) is 12.8. The lowest BCUT2D eigenvalue weighted by molar-refractivity contribution is -0.137. The van der Waals surface area contributed by atoms with Crippen LogP contribution in [-0.4, -0.2) is 37.6 Å². The van der Waals surface area contributed by atoms with Gasteiger partial charge in [0.05, 0.1) is 28.8 Å². The van der Waals surface area contributed by atoms with Crippen molar-refractivity contribution in [2.45, 2.75) is 56.8 Å². The van der Waals surface area contributed by atoms with E-state index in [-0.39, 0.29) is 24.4 Å². The molecule has 0 unspecified atom stereocenters. The molecule has 2 fully saturated rings. The molecule has 1 saturated heterocycles. The van der Waals surface area contributed by atoms with Crippen LogP contribution in [-0.2, 0) is 17.4 Å². The maximum atomic E-state index is 13.5. The van der Waals surface area contributed by atoms with E-state index in [1.54, 1.807) is 12.1 Å². The van der Waals surface area contributed by atoms with Crippen molar-refractivity contribution in [3.63, 3.8) is 0 Å². The molecule has 1 N–H and O–H groups in total. The van der Waals surface area contributed by atoms with Crippen LogP contribution in [0.2, 0.25) is 0 Å². The van der Waals surface area contributed by atoms with Crippen LogP contribution in [0.4, 0.5) is 24.5 Å². The third-order valence-corrected chi connectivity index (χ3v) is 7.69. The van der Waals surface area contributed by atoms with Crippen LogP contribution in [0.5, 0.6) is 0 Å². The molecule has 1 amide bonds. The number of fused-ring (bicyclic) bond motifs is 3. The number of alkyl halides is 3. The van der Waals surface area contributed by atoms with Crippen molar-refractivity contribution in [2.24, 2.45) is 5.92 Å². The molecular weight excluding hydrogens is 453 g/mol. The molecule has 1 aliphatic carbocycles. The molecule has 35 heavy (non-hydrogen) atoms. The van der Waals surface area contributed by atoms with Crippen molar-refractivity contribution in [3.8, 4) is 6.07 Å². The second-order valence-electron chi connectivity index (χ2n) is 9.83. The number of rotatable bonds is 3. The number of piperazine rings is 1. The van der Waals surface area contributed by atoms with Gasteiger partial charge in [-0.3, -0.25) is 4.79 Å². The van der Waals surface area contributed by atoms with E-state index in [4.69, 9.17) is 0 Å². The Balaban J connectivity index is 1.47. The fourth-order valence-corrected chi connectivity index (χ4v) is 5.92. The molecule has 5 rings (SSSR count). The van der Waals surface area contributed by atoms with Gasteiger partial charge < -0.3 is 15.1 Å². The molecule has 2 atom stereocenters. The molecule has 184 valence electrons. The Hall–Kier alpha value is -3.21. The van der Waals surface area contributed by atoms with Crippen LogP contribution >= 0.6 is 0 Å². The summed E-state index contributed by atoms with van der Waals surface area (Å²) < 4.78 is 40.3. The number of hydrogen-bond donors (Lipinski definition) is 1. The summed E-state index contributed by atoms with van der Waals surface area (Å²) in [6.45, 7) is 1.71. The van der Waals surface area contributed by atoms with Gasteiger partial charge >= 0.3 is 6.18 Å². The Bertz CT molecular complexity index is 1140. The average Bonchev–Trinajstić information content (AvgIpc) is 2.87. The molecule has 2 heterocycles. The van der Waals surface area contributed by atoms with E-state index >= 15 is 0 Å². The van der Waals surface area contributed by atoms with E-state index in [9.17, 15) is 23.2 Å². The topological polar surface area (TPSA) is 59.4 Å². The highest BCUT2D eigenvalue weighted by atomic mass is 19.4. The van der Waals surface area contributed by atoms with Gasteiger partial charge in [0.1, 0.15) is 6.07 Å².